The van der Waals surface area contributed by atoms with Crippen molar-refractivity contribution in [2.45, 2.75) is 71.9 Å². The third-order valence-electron chi connectivity index (χ3n) is 7.42. The van der Waals surface area contributed by atoms with Crippen LogP contribution in [0.4, 0.5) is 0 Å². The Bertz CT molecular complexity index is 1280. The van der Waals surface area contributed by atoms with Crippen LogP contribution in [0.5, 0.6) is 17.2 Å². The van der Waals surface area contributed by atoms with Gasteiger partial charge in [0.15, 0.2) is 0 Å². The second kappa shape index (κ2) is 13.8. The molecule has 0 radical (unpaired) electrons. The van der Waals surface area contributed by atoms with Gasteiger partial charge in [0, 0.05) is 23.6 Å². The predicted octanol–water partition coefficient (Wildman–Crippen LogP) is 7.30. The highest BCUT2D eigenvalue weighted by Gasteiger charge is 2.31. The average Bonchev–Trinajstić information content (AvgIpc) is 3.76. The molecule has 1 aliphatic rings. The van der Waals surface area contributed by atoms with Crippen molar-refractivity contribution in [3.63, 3.8) is 0 Å². The summed E-state index contributed by atoms with van der Waals surface area (Å²) < 4.78 is 11.3. The summed E-state index contributed by atoms with van der Waals surface area (Å²) in [7, 11) is 0. The SMILES string of the molecule is Cc1c(O)ccc(OC(=O)c2ccc(OC(=O)C3CC3)cc2)c1[C@H](CCN(C(C)C)C(C)C)c1ccccc1.Cl. The van der Waals surface area contributed by atoms with E-state index in [1.54, 1.807) is 36.4 Å². The molecule has 3 aromatic carbocycles. The van der Waals surface area contributed by atoms with Gasteiger partial charge in [-0.3, -0.25) is 9.69 Å². The lowest BCUT2D eigenvalue weighted by molar-refractivity contribution is -0.135. The molecule has 0 heterocycles. The highest BCUT2D eigenvalue weighted by Crippen LogP contribution is 2.41. The molecular weight excluding hydrogens is 526 g/mol. The first-order valence-electron chi connectivity index (χ1n) is 13.8. The van der Waals surface area contributed by atoms with Gasteiger partial charge in [-0.05, 0) is 108 Å². The minimum atomic E-state index is -0.515. The minimum absolute atomic E-state index is 0. The summed E-state index contributed by atoms with van der Waals surface area (Å²) in [6.45, 7) is 11.5. The Morgan fingerprint density at radius 1 is 0.900 bits per heavy atom. The molecule has 1 atom stereocenters. The van der Waals surface area contributed by atoms with Crippen molar-refractivity contribution in [2.75, 3.05) is 6.54 Å². The third-order valence-corrected chi connectivity index (χ3v) is 7.42. The first-order valence-corrected chi connectivity index (χ1v) is 13.8. The second-order valence-corrected chi connectivity index (χ2v) is 10.9. The van der Waals surface area contributed by atoms with E-state index in [9.17, 15) is 14.7 Å². The molecule has 0 spiro atoms. The molecule has 7 heteroatoms. The Labute approximate surface area is 243 Å². The molecule has 40 heavy (non-hydrogen) atoms. The van der Waals surface area contributed by atoms with E-state index in [0.29, 0.717) is 34.7 Å². The molecule has 0 aliphatic heterocycles. The van der Waals surface area contributed by atoms with Gasteiger partial charge in [-0.2, -0.15) is 0 Å². The summed E-state index contributed by atoms with van der Waals surface area (Å²) in [6.07, 6.45) is 2.53. The first-order chi connectivity index (χ1) is 18.7. The third kappa shape index (κ3) is 7.64. The number of halogens is 1. The van der Waals surface area contributed by atoms with Gasteiger partial charge in [-0.15, -0.1) is 12.4 Å². The summed E-state index contributed by atoms with van der Waals surface area (Å²) in [6, 6.07) is 20.6. The zero-order chi connectivity index (χ0) is 28.1. The molecule has 0 unspecified atom stereocenters. The van der Waals surface area contributed by atoms with Crippen LogP contribution in [-0.4, -0.2) is 40.6 Å². The zero-order valence-corrected chi connectivity index (χ0v) is 24.7. The molecule has 6 nitrogen and oxygen atoms in total. The molecular formula is C33H40ClNO5. The number of phenols is 1. The maximum atomic E-state index is 13.2. The lowest BCUT2D eigenvalue weighted by Gasteiger charge is -2.33. The fourth-order valence-electron chi connectivity index (χ4n) is 5.10. The van der Waals surface area contributed by atoms with E-state index in [4.69, 9.17) is 9.47 Å². The summed E-state index contributed by atoms with van der Waals surface area (Å²) >= 11 is 0. The van der Waals surface area contributed by atoms with Crippen molar-refractivity contribution >= 4 is 24.3 Å². The standard InChI is InChI=1S/C33H39NO5.ClH/c1-21(2)34(22(3)4)20-19-28(24-9-7-6-8-10-24)31-23(5)29(35)17-18-30(31)39-33(37)26-13-15-27(16-14-26)38-32(36)25-11-12-25;/h6-10,13-18,21-22,25,28,35H,11-12,19-20H2,1-5H3;1H/t28-;/m1./s1. The number of esters is 2. The van der Waals surface area contributed by atoms with Crippen LogP contribution >= 0.6 is 12.4 Å². The van der Waals surface area contributed by atoms with Crippen LogP contribution in [0.25, 0.3) is 0 Å². The Morgan fingerprint density at radius 3 is 2.10 bits per heavy atom. The summed E-state index contributed by atoms with van der Waals surface area (Å²) in [5, 5.41) is 10.7. The van der Waals surface area contributed by atoms with E-state index in [0.717, 1.165) is 36.9 Å². The molecule has 0 amide bonds. The van der Waals surface area contributed by atoms with E-state index in [1.807, 2.05) is 25.1 Å². The number of hydrogen-bond donors (Lipinski definition) is 1. The van der Waals surface area contributed by atoms with Crippen molar-refractivity contribution < 1.29 is 24.2 Å². The van der Waals surface area contributed by atoms with E-state index in [1.165, 1.54) is 0 Å². The molecule has 3 aromatic rings. The van der Waals surface area contributed by atoms with Crippen LogP contribution in [-0.2, 0) is 4.79 Å². The number of nitrogens with zero attached hydrogens (tertiary/aromatic N) is 1. The smallest absolute Gasteiger partial charge is 0.343 e. The van der Waals surface area contributed by atoms with E-state index in [-0.39, 0.29) is 36.0 Å². The highest BCUT2D eigenvalue weighted by atomic mass is 35.5. The van der Waals surface area contributed by atoms with Gasteiger partial charge in [0.1, 0.15) is 17.2 Å². The van der Waals surface area contributed by atoms with E-state index >= 15 is 0 Å². The quantitative estimate of drug-likeness (QED) is 0.194. The number of hydrogen-bond acceptors (Lipinski definition) is 6. The van der Waals surface area contributed by atoms with Crippen molar-refractivity contribution in [3.05, 3.63) is 89.0 Å². The molecule has 4 rings (SSSR count). The largest absolute Gasteiger partial charge is 0.508 e. The Morgan fingerprint density at radius 2 is 1.52 bits per heavy atom. The fourth-order valence-corrected chi connectivity index (χ4v) is 5.10. The molecule has 1 aliphatic carbocycles. The number of carbonyl (C=O) groups excluding carboxylic acids is 2. The molecule has 214 valence electrons. The lowest BCUT2D eigenvalue weighted by Crippen LogP contribution is -2.38. The number of phenolic OH excluding ortho intramolecular Hbond substituents is 1. The van der Waals surface area contributed by atoms with Crippen molar-refractivity contribution in [3.8, 4) is 17.2 Å². The molecule has 0 saturated heterocycles. The summed E-state index contributed by atoms with van der Waals surface area (Å²) in [5.41, 5.74) is 2.94. The number of carbonyl (C=O) groups is 2. The second-order valence-electron chi connectivity index (χ2n) is 10.9. The molecule has 1 saturated carbocycles. The Hall–Kier alpha value is -3.35. The highest BCUT2D eigenvalue weighted by molar-refractivity contribution is 5.91. The topological polar surface area (TPSA) is 76.1 Å². The van der Waals surface area contributed by atoms with Crippen LogP contribution in [0, 0.1) is 12.8 Å². The average molecular weight is 566 g/mol. The maximum absolute atomic E-state index is 13.2. The van der Waals surface area contributed by atoms with Gasteiger partial charge in [0.05, 0.1) is 11.5 Å². The van der Waals surface area contributed by atoms with Crippen LogP contribution in [0.1, 0.15) is 79.9 Å². The maximum Gasteiger partial charge on any atom is 0.343 e. The predicted molar refractivity (Wildman–Crippen MR) is 160 cm³/mol. The van der Waals surface area contributed by atoms with Crippen LogP contribution in [0.2, 0.25) is 0 Å². The van der Waals surface area contributed by atoms with Gasteiger partial charge in [-0.1, -0.05) is 30.3 Å². The van der Waals surface area contributed by atoms with Gasteiger partial charge < -0.3 is 14.6 Å². The van der Waals surface area contributed by atoms with Gasteiger partial charge in [-0.25, -0.2) is 4.79 Å². The molecule has 0 bridgehead atoms. The van der Waals surface area contributed by atoms with Gasteiger partial charge in [0.25, 0.3) is 0 Å². The molecule has 0 aromatic heterocycles. The summed E-state index contributed by atoms with van der Waals surface area (Å²) in [4.78, 5) is 27.6. The van der Waals surface area contributed by atoms with Crippen LogP contribution in [0.3, 0.4) is 0 Å². The van der Waals surface area contributed by atoms with Crippen LogP contribution < -0.4 is 9.47 Å². The lowest BCUT2D eigenvalue weighted by atomic mass is 9.84. The van der Waals surface area contributed by atoms with Gasteiger partial charge >= 0.3 is 11.9 Å². The fraction of sp³-hybridized carbons (Fsp3) is 0.394. The minimum Gasteiger partial charge on any atom is -0.508 e. The number of benzene rings is 3. The monoisotopic (exact) mass is 565 g/mol. The van der Waals surface area contributed by atoms with Crippen molar-refractivity contribution in [1.29, 1.82) is 0 Å². The van der Waals surface area contributed by atoms with Crippen molar-refractivity contribution in [1.82, 2.24) is 4.90 Å². The van der Waals surface area contributed by atoms with E-state index in [2.05, 4.69) is 44.7 Å². The normalized spacial score (nSPS) is 13.7. The number of rotatable bonds is 11. The summed E-state index contributed by atoms with van der Waals surface area (Å²) in [5.74, 6) is 0.163. The van der Waals surface area contributed by atoms with Crippen LogP contribution in [0.15, 0.2) is 66.7 Å². The van der Waals surface area contributed by atoms with Gasteiger partial charge in [0.2, 0.25) is 0 Å². The Balaban J connectivity index is 0.00000441. The zero-order valence-electron chi connectivity index (χ0n) is 23.9. The van der Waals surface area contributed by atoms with E-state index < -0.39 is 5.97 Å². The Kier molecular flexibility index (Phi) is 10.8. The molecule has 1 fully saturated rings. The molecule has 1 N–H and O–H groups in total. The first kappa shape index (κ1) is 31.2. The van der Waals surface area contributed by atoms with Crippen molar-refractivity contribution in [2.24, 2.45) is 5.92 Å². The number of aromatic hydroxyl groups is 1. The number of ether oxygens (including phenoxy) is 2.